The minimum Gasteiger partial charge on any atom is -0.340 e. The summed E-state index contributed by atoms with van der Waals surface area (Å²) in [6.45, 7) is 3.37. The number of carbonyl (C=O) groups is 2. The number of aromatic nitrogens is 2. The molecule has 27 heavy (non-hydrogen) atoms. The number of rotatable bonds is 4. The molecule has 7 nitrogen and oxygen atoms in total. The zero-order valence-corrected chi connectivity index (χ0v) is 15.5. The van der Waals surface area contributed by atoms with Crippen molar-refractivity contribution in [2.24, 2.45) is 5.92 Å². The fourth-order valence-electron chi connectivity index (χ4n) is 3.59. The predicted octanol–water partition coefficient (Wildman–Crippen LogP) is 2.70. The van der Waals surface area contributed by atoms with Crippen LogP contribution in [0.4, 0.5) is 10.5 Å². The fourth-order valence-corrected chi connectivity index (χ4v) is 3.59. The molecule has 7 heteroatoms. The van der Waals surface area contributed by atoms with Gasteiger partial charge in [-0.25, -0.2) is 9.78 Å². The summed E-state index contributed by atoms with van der Waals surface area (Å²) in [4.78, 5) is 30.7. The van der Waals surface area contributed by atoms with Gasteiger partial charge in [-0.3, -0.25) is 4.79 Å². The highest BCUT2D eigenvalue weighted by Crippen LogP contribution is 2.31. The van der Waals surface area contributed by atoms with Crippen LogP contribution >= 0.6 is 0 Å². The molecule has 1 aliphatic heterocycles. The van der Waals surface area contributed by atoms with E-state index >= 15 is 0 Å². The highest BCUT2D eigenvalue weighted by molar-refractivity contribution is 5.89. The molecule has 2 fully saturated rings. The lowest BCUT2D eigenvalue weighted by Gasteiger charge is -2.33. The van der Waals surface area contributed by atoms with Crippen molar-refractivity contribution in [3.63, 3.8) is 0 Å². The molecule has 142 valence electrons. The van der Waals surface area contributed by atoms with Gasteiger partial charge in [-0.05, 0) is 56.9 Å². The molecule has 1 aromatic heterocycles. The molecular formula is C20H25N5O2. The second kappa shape index (κ2) is 7.42. The Morgan fingerprint density at radius 1 is 1.15 bits per heavy atom. The van der Waals surface area contributed by atoms with Crippen LogP contribution in [0.25, 0.3) is 5.69 Å². The van der Waals surface area contributed by atoms with Crippen LogP contribution in [0.5, 0.6) is 0 Å². The van der Waals surface area contributed by atoms with Gasteiger partial charge in [-0.15, -0.1) is 0 Å². The van der Waals surface area contributed by atoms with Gasteiger partial charge in [-0.2, -0.15) is 0 Å². The molecule has 2 aliphatic rings. The number of hydrogen-bond donors (Lipinski definition) is 2. The Balaban J connectivity index is 1.31. The first-order valence-corrected chi connectivity index (χ1v) is 9.57. The number of benzene rings is 1. The van der Waals surface area contributed by atoms with Crippen molar-refractivity contribution in [2.45, 2.75) is 38.6 Å². The van der Waals surface area contributed by atoms with E-state index in [9.17, 15) is 9.59 Å². The van der Waals surface area contributed by atoms with E-state index in [2.05, 4.69) is 15.6 Å². The van der Waals surface area contributed by atoms with E-state index in [4.69, 9.17) is 0 Å². The molecule has 1 atom stereocenters. The van der Waals surface area contributed by atoms with Crippen LogP contribution in [-0.2, 0) is 4.79 Å². The van der Waals surface area contributed by atoms with Gasteiger partial charge < -0.3 is 20.1 Å². The van der Waals surface area contributed by atoms with E-state index in [0.717, 1.165) is 49.4 Å². The number of hydrogen-bond acceptors (Lipinski definition) is 3. The molecule has 2 N–H and O–H groups in total. The Labute approximate surface area is 158 Å². The summed E-state index contributed by atoms with van der Waals surface area (Å²) in [5, 5.41) is 5.88. The van der Waals surface area contributed by atoms with Crippen LogP contribution in [0.15, 0.2) is 36.7 Å². The zero-order valence-electron chi connectivity index (χ0n) is 15.5. The summed E-state index contributed by atoms with van der Waals surface area (Å²) in [7, 11) is 0. The van der Waals surface area contributed by atoms with Crippen molar-refractivity contribution in [1.82, 2.24) is 19.8 Å². The molecule has 3 amide bonds. The van der Waals surface area contributed by atoms with Crippen molar-refractivity contribution in [2.75, 3.05) is 18.4 Å². The zero-order chi connectivity index (χ0) is 18.8. The third-order valence-corrected chi connectivity index (χ3v) is 5.22. The van der Waals surface area contributed by atoms with Crippen LogP contribution < -0.4 is 10.6 Å². The average molecular weight is 367 g/mol. The van der Waals surface area contributed by atoms with Gasteiger partial charge in [0.05, 0.1) is 0 Å². The van der Waals surface area contributed by atoms with Crippen LogP contribution in [0.1, 0.15) is 31.5 Å². The van der Waals surface area contributed by atoms with E-state index in [1.807, 2.05) is 46.9 Å². The number of carbonyl (C=O) groups excluding carboxylic acids is 2. The Kier molecular flexibility index (Phi) is 4.83. The maximum absolute atomic E-state index is 12.3. The van der Waals surface area contributed by atoms with E-state index in [0.29, 0.717) is 6.54 Å². The number of imidazole rings is 1. The first-order valence-electron chi connectivity index (χ1n) is 9.57. The van der Waals surface area contributed by atoms with Gasteiger partial charge in [-0.1, -0.05) is 0 Å². The van der Waals surface area contributed by atoms with E-state index in [1.165, 1.54) is 0 Å². The van der Waals surface area contributed by atoms with Crippen LogP contribution in [0.2, 0.25) is 0 Å². The molecular weight excluding hydrogens is 342 g/mol. The van der Waals surface area contributed by atoms with Crippen LogP contribution in [0.3, 0.4) is 0 Å². The van der Waals surface area contributed by atoms with Crippen LogP contribution in [0, 0.1) is 12.8 Å². The molecule has 1 saturated heterocycles. The second-order valence-corrected chi connectivity index (χ2v) is 7.39. The predicted molar refractivity (Wildman–Crippen MR) is 103 cm³/mol. The standard InChI is InChI=1S/C20H25N5O2/c1-14-21-10-12-25(14)18-8-6-16(7-9-18)22-20(27)23-17-3-2-11-24(13-17)19(26)15-4-5-15/h6-10,12,15,17H,2-5,11,13H2,1H3,(H2,22,23,27)/t17-/m0/s1. The molecule has 2 aromatic rings. The molecule has 1 aliphatic carbocycles. The second-order valence-electron chi connectivity index (χ2n) is 7.39. The Hall–Kier alpha value is -2.83. The maximum Gasteiger partial charge on any atom is 0.319 e. The lowest BCUT2D eigenvalue weighted by molar-refractivity contribution is -0.133. The number of urea groups is 1. The quantitative estimate of drug-likeness (QED) is 0.872. The van der Waals surface area contributed by atoms with Gasteiger partial charge in [0.25, 0.3) is 0 Å². The summed E-state index contributed by atoms with van der Waals surface area (Å²) < 4.78 is 1.98. The minimum atomic E-state index is -0.229. The van der Waals surface area contributed by atoms with Crippen molar-refractivity contribution in [1.29, 1.82) is 0 Å². The molecule has 0 bridgehead atoms. The lowest BCUT2D eigenvalue weighted by Crippen LogP contribution is -2.50. The summed E-state index contributed by atoms with van der Waals surface area (Å²) in [5.74, 6) is 1.40. The summed E-state index contributed by atoms with van der Waals surface area (Å²) in [5.41, 5.74) is 1.73. The number of amides is 3. The average Bonchev–Trinajstić information content (AvgIpc) is 3.43. The molecule has 2 heterocycles. The third kappa shape index (κ3) is 4.13. The topological polar surface area (TPSA) is 79.3 Å². The molecule has 0 radical (unpaired) electrons. The van der Waals surface area contributed by atoms with Crippen molar-refractivity contribution in [3.05, 3.63) is 42.5 Å². The first kappa shape index (κ1) is 17.6. The minimum absolute atomic E-state index is 0.00863. The van der Waals surface area contributed by atoms with Gasteiger partial charge in [0.15, 0.2) is 0 Å². The van der Waals surface area contributed by atoms with E-state index in [1.54, 1.807) is 6.20 Å². The number of anilines is 1. The smallest absolute Gasteiger partial charge is 0.319 e. The van der Waals surface area contributed by atoms with Gasteiger partial charge in [0.1, 0.15) is 5.82 Å². The Bertz CT molecular complexity index is 825. The number of nitrogens with zero attached hydrogens (tertiary/aromatic N) is 3. The first-order chi connectivity index (χ1) is 13.1. The molecule has 1 aromatic carbocycles. The molecule has 1 saturated carbocycles. The maximum atomic E-state index is 12.3. The number of likely N-dealkylation sites (tertiary alicyclic amines) is 1. The number of aryl methyl sites for hydroxylation is 1. The monoisotopic (exact) mass is 367 g/mol. The molecule has 4 rings (SSSR count). The number of piperidine rings is 1. The summed E-state index contributed by atoms with van der Waals surface area (Å²) >= 11 is 0. The van der Waals surface area contributed by atoms with E-state index < -0.39 is 0 Å². The van der Waals surface area contributed by atoms with Gasteiger partial charge in [0.2, 0.25) is 5.91 Å². The van der Waals surface area contributed by atoms with Gasteiger partial charge in [0, 0.05) is 48.8 Å². The normalized spacial score (nSPS) is 19.6. The Morgan fingerprint density at radius 3 is 2.59 bits per heavy atom. The molecule has 0 unspecified atom stereocenters. The Morgan fingerprint density at radius 2 is 1.93 bits per heavy atom. The largest absolute Gasteiger partial charge is 0.340 e. The van der Waals surface area contributed by atoms with Crippen molar-refractivity contribution in [3.8, 4) is 5.69 Å². The van der Waals surface area contributed by atoms with Crippen LogP contribution in [-0.4, -0.2) is 45.5 Å². The SMILES string of the molecule is Cc1nccn1-c1ccc(NC(=O)N[C@H]2CCCN(C(=O)C3CC3)C2)cc1. The summed E-state index contributed by atoms with van der Waals surface area (Å²) in [6.07, 6.45) is 7.53. The third-order valence-electron chi connectivity index (χ3n) is 5.22. The van der Waals surface area contributed by atoms with E-state index in [-0.39, 0.29) is 23.9 Å². The van der Waals surface area contributed by atoms with Gasteiger partial charge >= 0.3 is 6.03 Å². The highest BCUT2D eigenvalue weighted by Gasteiger charge is 2.35. The highest BCUT2D eigenvalue weighted by atomic mass is 16.2. The number of nitrogens with one attached hydrogen (secondary N) is 2. The van der Waals surface area contributed by atoms with Crippen molar-refractivity contribution < 1.29 is 9.59 Å². The van der Waals surface area contributed by atoms with Crippen molar-refractivity contribution >= 4 is 17.6 Å². The lowest BCUT2D eigenvalue weighted by atomic mass is 10.1. The fraction of sp³-hybridized carbons (Fsp3) is 0.450. The summed E-state index contributed by atoms with van der Waals surface area (Å²) in [6, 6.07) is 7.42. The molecule has 0 spiro atoms.